The fourth-order valence-electron chi connectivity index (χ4n) is 2.44. The van der Waals surface area contributed by atoms with Gasteiger partial charge in [-0.15, -0.1) is 0 Å². The first kappa shape index (κ1) is 16.6. The van der Waals surface area contributed by atoms with E-state index in [1.165, 1.54) is 41.2 Å². The lowest BCUT2D eigenvalue weighted by Crippen LogP contribution is -3.59. The Bertz CT molecular complexity index is 392. The highest BCUT2D eigenvalue weighted by atomic mass is 127. The second-order valence-corrected chi connectivity index (χ2v) is 7.66. The van der Waals surface area contributed by atoms with Gasteiger partial charge in [0, 0.05) is 6.42 Å². The normalized spacial score (nSPS) is 17.1. The molecule has 0 aromatic heterocycles. The molecule has 0 amide bonds. The molecular formula is C16H21F2I. The highest BCUT2D eigenvalue weighted by molar-refractivity contribution is 5.11. The topological polar surface area (TPSA) is 0 Å². The molecule has 1 fully saturated rings. The molecule has 0 radical (unpaired) electrons. The minimum absolute atomic E-state index is 0. The van der Waals surface area contributed by atoms with Gasteiger partial charge >= 0.3 is 21.2 Å². The average Bonchev–Trinajstić information content (AvgIpc) is 2.39. The number of halogens is 3. The van der Waals surface area contributed by atoms with Gasteiger partial charge in [0.2, 0.25) is 0 Å². The number of benzene rings is 1. The van der Waals surface area contributed by atoms with Crippen molar-refractivity contribution >= 4 is 0 Å². The average molecular weight is 378 g/mol. The van der Waals surface area contributed by atoms with Crippen LogP contribution in [0.25, 0.3) is 0 Å². The highest BCUT2D eigenvalue weighted by Crippen LogP contribution is 2.28. The zero-order chi connectivity index (χ0) is 12.8. The van der Waals surface area contributed by atoms with E-state index in [9.17, 15) is 4.39 Å². The third-order valence-corrected chi connectivity index (χ3v) is 5.94. The Balaban J connectivity index is 0.00000180. The zero-order valence-electron chi connectivity index (χ0n) is 11.3. The first-order chi connectivity index (χ1) is 8.74. The fraction of sp³-hybridized carbons (Fsp3) is 0.500. The summed E-state index contributed by atoms with van der Waals surface area (Å²) in [5.41, 5.74) is 1.27. The van der Waals surface area contributed by atoms with Gasteiger partial charge in [-0.3, -0.25) is 0 Å². The van der Waals surface area contributed by atoms with Crippen molar-refractivity contribution in [1.29, 1.82) is 0 Å². The standard InChI is InChI=1S/C16H21FI.FH/c1-13-7-9-16(10-8-13)18-12-15(17)11-14-5-3-2-4-6-14;/h7-10,12,14H,2-6,11H2,1H3;1H/q+1;/p-1/b15-12+;. The van der Waals surface area contributed by atoms with Crippen LogP contribution in [0.2, 0.25) is 0 Å². The molecule has 0 atom stereocenters. The van der Waals surface area contributed by atoms with Crippen molar-refractivity contribution in [1.82, 2.24) is 0 Å². The van der Waals surface area contributed by atoms with Crippen molar-refractivity contribution in [3.8, 4) is 0 Å². The molecule has 0 saturated heterocycles. The van der Waals surface area contributed by atoms with Crippen molar-refractivity contribution in [2.24, 2.45) is 5.92 Å². The number of aryl methyl sites for hydroxylation is 1. The number of hydrogen-bond donors (Lipinski definition) is 0. The lowest BCUT2D eigenvalue weighted by molar-refractivity contribution is -0.558. The van der Waals surface area contributed by atoms with Crippen LogP contribution in [0, 0.1) is 16.4 Å². The van der Waals surface area contributed by atoms with Gasteiger partial charge in [-0.25, -0.2) is 4.39 Å². The Hall–Kier alpha value is -0.450. The van der Waals surface area contributed by atoms with Crippen molar-refractivity contribution in [2.45, 2.75) is 45.4 Å². The second kappa shape index (κ2) is 8.67. The van der Waals surface area contributed by atoms with E-state index in [1.54, 1.807) is 0 Å². The van der Waals surface area contributed by atoms with Crippen LogP contribution >= 0.6 is 0 Å². The van der Waals surface area contributed by atoms with Crippen LogP contribution in [-0.2, 0) is 0 Å². The van der Waals surface area contributed by atoms with Gasteiger partial charge in [0.25, 0.3) is 0 Å². The van der Waals surface area contributed by atoms with Gasteiger partial charge in [-0.05, 0) is 25.0 Å². The third-order valence-electron chi connectivity index (χ3n) is 3.52. The lowest BCUT2D eigenvalue weighted by Gasteiger charge is -2.19. The van der Waals surface area contributed by atoms with E-state index in [0.717, 1.165) is 0 Å². The maximum absolute atomic E-state index is 13.8. The van der Waals surface area contributed by atoms with Crippen LogP contribution in [0.4, 0.5) is 4.39 Å². The van der Waals surface area contributed by atoms with E-state index in [1.807, 2.05) is 4.08 Å². The van der Waals surface area contributed by atoms with Crippen molar-refractivity contribution in [2.75, 3.05) is 0 Å². The Morgan fingerprint density at radius 3 is 2.47 bits per heavy atom. The first-order valence-electron chi connectivity index (χ1n) is 6.78. The molecular weight excluding hydrogens is 357 g/mol. The minimum Gasteiger partial charge on any atom is -1.00 e. The molecule has 3 heteroatoms. The number of allylic oxidation sites excluding steroid dienone is 1. The van der Waals surface area contributed by atoms with Gasteiger partial charge in [0.15, 0.2) is 7.65 Å². The van der Waals surface area contributed by atoms with Gasteiger partial charge in [0.05, 0.1) is 0 Å². The van der Waals surface area contributed by atoms with Crippen LogP contribution in [0.5, 0.6) is 0 Å². The van der Waals surface area contributed by atoms with Crippen molar-refractivity contribution in [3.05, 3.63) is 43.3 Å². The number of hydrogen-bond acceptors (Lipinski definition) is 0. The summed E-state index contributed by atoms with van der Waals surface area (Å²) in [6, 6.07) is 8.49. The molecule has 0 bridgehead atoms. The molecule has 0 aliphatic heterocycles. The van der Waals surface area contributed by atoms with E-state index in [-0.39, 0.29) is 31.7 Å². The summed E-state index contributed by atoms with van der Waals surface area (Å²) in [7, 11) is 0. The van der Waals surface area contributed by atoms with Crippen LogP contribution in [-0.4, -0.2) is 0 Å². The van der Waals surface area contributed by atoms with Crippen LogP contribution in [0.1, 0.15) is 44.1 Å². The van der Waals surface area contributed by atoms with E-state index in [4.69, 9.17) is 0 Å². The Morgan fingerprint density at radius 1 is 1.21 bits per heavy atom. The van der Waals surface area contributed by atoms with Gasteiger partial charge in [0.1, 0.15) is 5.83 Å². The van der Waals surface area contributed by atoms with Gasteiger partial charge < -0.3 is 4.70 Å². The molecule has 1 aliphatic carbocycles. The minimum atomic E-state index is -0.292. The van der Waals surface area contributed by atoms with E-state index in [2.05, 4.69) is 31.2 Å². The molecule has 1 aromatic carbocycles. The molecule has 0 spiro atoms. The molecule has 106 valence electrons. The molecule has 1 aromatic rings. The van der Waals surface area contributed by atoms with Crippen LogP contribution in [0.15, 0.2) is 34.2 Å². The second-order valence-electron chi connectivity index (χ2n) is 5.17. The summed E-state index contributed by atoms with van der Waals surface area (Å²) in [6.07, 6.45) is 7.08. The maximum Gasteiger partial charge on any atom is 0.352 e. The Morgan fingerprint density at radius 2 is 1.84 bits per heavy atom. The quantitative estimate of drug-likeness (QED) is 0.593. The third kappa shape index (κ3) is 6.02. The molecule has 0 nitrogen and oxygen atoms in total. The predicted octanol–water partition coefficient (Wildman–Crippen LogP) is -0.961. The molecule has 0 heterocycles. The summed E-state index contributed by atoms with van der Waals surface area (Å²) in [6.45, 7) is 2.08. The van der Waals surface area contributed by atoms with Crippen molar-refractivity contribution in [3.63, 3.8) is 0 Å². The predicted molar refractivity (Wildman–Crippen MR) is 70.3 cm³/mol. The summed E-state index contributed by atoms with van der Waals surface area (Å²) >= 11 is -0.292. The van der Waals surface area contributed by atoms with Gasteiger partial charge in [-0.2, -0.15) is 0 Å². The smallest absolute Gasteiger partial charge is 0.352 e. The lowest BCUT2D eigenvalue weighted by atomic mass is 9.87. The zero-order valence-corrected chi connectivity index (χ0v) is 13.5. The SMILES string of the molecule is Cc1ccc([I+]/C=C(/F)CC2CCCCC2)cc1.[F-]. The number of rotatable bonds is 4. The summed E-state index contributed by atoms with van der Waals surface area (Å²) in [5, 5.41) is 0. The molecule has 0 N–H and O–H groups in total. The molecule has 0 unspecified atom stereocenters. The Kier molecular flexibility index (Phi) is 7.57. The molecule has 1 saturated carbocycles. The largest absolute Gasteiger partial charge is 1.00 e. The highest BCUT2D eigenvalue weighted by Gasteiger charge is 2.17. The van der Waals surface area contributed by atoms with Crippen LogP contribution in [0.3, 0.4) is 0 Å². The monoisotopic (exact) mass is 378 g/mol. The molecule has 19 heavy (non-hydrogen) atoms. The van der Waals surface area contributed by atoms with E-state index < -0.39 is 0 Å². The first-order valence-corrected chi connectivity index (χ1v) is 9.11. The maximum atomic E-state index is 13.8. The summed E-state index contributed by atoms with van der Waals surface area (Å²) < 4.78 is 17.0. The van der Waals surface area contributed by atoms with E-state index >= 15 is 0 Å². The van der Waals surface area contributed by atoms with Crippen LogP contribution < -0.4 is 25.9 Å². The molecule has 1 aliphatic rings. The fourth-order valence-corrected chi connectivity index (χ4v) is 4.17. The van der Waals surface area contributed by atoms with E-state index in [0.29, 0.717) is 12.3 Å². The molecule has 2 rings (SSSR count). The summed E-state index contributed by atoms with van der Waals surface area (Å²) in [4.78, 5) is 0. The summed E-state index contributed by atoms with van der Waals surface area (Å²) in [5.74, 6) is 0.743. The van der Waals surface area contributed by atoms with Gasteiger partial charge in [-0.1, -0.05) is 49.8 Å². The van der Waals surface area contributed by atoms with Crippen molar-refractivity contribution < 1.29 is 30.3 Å². The Labute approximate surface area is 125 Å².